The second-order valence-electron chi connectivity index (χ2n) is 2.98. The summed E-state index contributed by atoms with van der Waals surface area (Å²) < 4.78 is 0. The first-order valence-electron chi connectivity index (χ1n) is 4.13. The van der Waals surface area contributed by atoms with E-state index in [-0.39, 0.29) is 18.1 Å². The van der Waals surface area contributed by atoms with Crippen molar-refractivity contribution in [3.8, 4) is 0 Å². The Morgan fingerprint density at radius 3 is 3.00 bits per heavy atom. The van der Waals surface area contributed by atoms with E-state index in [0.717, 1.165) is 0 Å². The molecule has 5 nitrogen and oxygen atoms in total. The number of H-pyrrole nitrogens is 1. The number of aromatic nitrogens is 2. The Bertz CT molecular complexity index is 290. The van der Waals surface area contributed by atoms with Crippen molar-refractivity contribution in [3.63, 3.8) is 0 Å². The van der Waals surface area contributed by atoms with Gasteiger partial charge in [-0.1, -0.05) is 6.92 Å². The van der Waals surface area contributed by atoms with Crippen molar-refractivity contribution >= 4 is 5.82 Å². The van der Waals surface area contributed by atoms with E-state index in [4.69, 9.17) is 5.11 Å². The molecule has 0 fully saturated rings. The van der Waals surface area contributed by atoms with Crippen molar-refractivity contribution in [3.05, 3.63) is 22.5 Å². The molecular weight excluding hydrogens is 170 g/mol. The molecule has 0 aromatic carbocycles. The highest BCUT2D eigenvalue weighted by Gasteiger charge is 1.99. The van der Waals surface area contributed by atoms with Gasteiger partial charge in [0, 0.05) is 19.2 Å². The van der Waals surface area contributed by atoms with Crippen LogP contribution in [0.15, 0.2) is 16.9 Å². The fourth-order valence-corrected chi connectivity index (χ4v) is 0.786. The average Bonchev–Trinajstić information content (AvgIpc) is 2.16. The number of aliphatic hydroxyl groups is 1. The first-order chi connectivity index (χ1) is 6.22. The number of aromatic amines is 1. The standard InChI is InChI=1S/C8H13N3O2/c1-6(5-12)4-9-7-2-3-8(13)11-10-7/h2-3,6,12H,4-5H2,1H3,(H,9,10)(H,11,13). The summed E-state index contributed by atoms with van der Waals surface area (Å²) in [5, 5.41) is 17.8. The van der Waals surface area contributed by atoms with E-state index in [0.29, 0.717) is 12.4 Å². The molecule has 0 radical (unpaired) electrons. The van der Waals surface area contributed by atoms with Crippen molar-refractivity contribution in [2.24, 2.45) is 5.92 Å². The number of anilines is 1. The van der Waals surface area contributed by atoms with Crippen LogP contribution in [0.5, 0.6) is 0 Å². The maximum absolute atomic E-state index is 10.6. The Labute approximate surface area is 75.8 Å². The topological polar surface area (TPSA) is 78.0 Å². The number of hydrogen-bond donors (Lipinski definition) is 3. The molecule has 0 aliphatic heterocycles. The average molecular weight is 183 g/mol. The van der Waals surface area contributed by atoms with Crippen molar-refractivity contribution in [2.75, 3.05) is 18.5 Å². The molecule has 1 atom stereocenters. The lowest BCUT2D eigenvalue weighted by molar-refractivity contribution is 0.244. The Morgan fingerprint density at radius 2 is 2.46 bits per heavy atom. The molecule has 5 heteroatoms. The minimum Gasteiger partial charge on any atom is -0.396 e. The number of rotatable bonds is 4. The van der Waals surface area contributed by atoms with Gasteiger partial charge in [0.15, 0.2) is 0 Å². The number of nitrogens with zero attached hydrogens (tertiary/aromatic N) is 1. The van der Waals surface area contributed by atoms with E-state index in [9.17, 15) is 4.79 Å². The fourth-order valence-electron chi connectivity index (χ4n) is 0.786. The zero-order valence-corrected chi connectivity index (χ0v) is 7.45. The molecule has 13 heavy (non-hydrogen) atoms. The second kappa shape index (κ2) is 4.61. The minimum absolute atomic E-state index is 0.135. The van der Waals surface area contributed by atoms with Gasteiger partial charge in [-0.05, 0) is 12.0 Å². The Kier molecular flexibility index (Phi) is 3.45. The molecule has 0 spiro atoms. The van der Waals surface area contributed by atoms with E-state index >= 15 is 0 Å². The summed E-state index contributed by atoms with van der Waals surface area (Å²) >= 11 is 0. The van der Waals surface area contributed by atoms with Crippen LogP contribution in [0.4, 0.5) is 5.82 Å². The lowest BCUT2D eigenvalue weighted by atomic mass is 10.2. The van der Waals surface area contributed by atoms with Crippen LogP contribution in [-0.2, 0) is 0 Å². The Balaban J connectivity index is 2.46. The van der Waals surface area contributed by atoms with Crippen LogP contribution in [0.3, 0.4) is 0 Å². The van der Waals surface area contributed by atoms with Gasteiger partial charge in [-0.25, -0.2) is 5.10 Å². The van der Waals surface area contributed by atoms with Gasteiger partial charge in [-0.3, -0.25) is 4.79 Å². The molecule has 1 aromatic heterocycles. The summed E-state index contributed by atoms with van der Waals surface area (Å²) in [6, 6.07) is 3.00. The molecular formula is C8H13N3O2. The van der Waals surface area contributed by atoms with Crippen LogP contribution in [0.25, 0.3) is 0 Å². The second-order valence-corrected chi connectivity index (χ2v) is 2.98. The molecule has 0 bridgehead atoms. The fraction of sp³-hybridized carbons (Fsp3) is 0.500. The molecule has 0 saturated carbocycles. The van der Waals surface area contributed by atoms with Crippen LogP contribution >= 0.6 is 0 Å². The van der Waals surface area contributed by atoms with Gasteiger partial charge in [-0.15, -0.1) is 0 Å². The molecule has 1 aromatic rings. The van der Waals surface area contributed by atoms with Crippen molar-refractivity contribution in [1.82, 2.24) is 10.2 Å². The summed E-state index contributed by atoms with van der Waals surface area (Å²) in [4.78, 5) is 10.6. The first-order valence-corrected chi connectivity index (χ1v) is 4.13. The Hall–Kier alpha value is -1.36. The van der Waals surface area contributed by atoms with Crippen LogP contribution < -0.4 is 10.9 Å². The predicted molar refractivity (Wildman–Crippen MR) is 49.6 cm³/mol. The summed E-state index contributed by atoms with van der Waals surface area (Å²) in [6.45, 7) is 2.69. The van der Waals surface area contributed by atoms with E-state index < -0.39 is 0 Å². The highest BCUT2D eigenvalue weighted by molar-refractivity contribution is 5.31. The summed E-state index contributed by atoms with van der Waals surface area (Å²) in [7, 11) is 0. The lowest BCUT2D eigenvalue weighted by Gasteiger charge is -2.08. The van der Waals surface area contributed by atoms with Gasteiger partial charge in [0.25, 0.3) is 5.56 Å². The van der Waals surface area contributed by atoms with Crippen LogP contribution in [0.2, 0.25) is 0 Å². The Morgan fingerprint density at radius 1 is 1.69 bits per heavy atom. The van der Waals surface area contributed by atoms with E-state index in [1.807, 2.05) is 6.92 Å². The minimum atomic E-state index is -0.222. The molecule has 3 N–H and O–H groups in total. The highest BCUT2D eigenvalue weighted by atomic mass is 16.3. The quantitative estimate of drug-likeness (QED) is 0.604. The van der Waals surface area contributed by atoms with Crippen molar-refractivity contribution < 1.29 is 5.11 Å². The molecule has 72 valence electrons. The smallest absolute Gasteiger partial charge is 0.264 e. The van der Waals surface area contributed by atoms with Gasteiger partial charge in [0.1, 0.15) is 5.82 Å². The van der Waals surface area contributed by atoms with Crippen molar-refractivity contribution in [2.45, 2.75) is 6.92 Å². The predicted octanol–water partition coefficient (Wildman–Crippen LogP) is -0.190. The van der Waals surface area contributed by atoms with Crippen LogP contribution in [-0.4, -0.2) is 28.5 Å². The van der Waals surface area contributed by atoms with Gasteiger partial charge >= 0.3 is 0 Å². The first kappa shape index (κ1) is 9.73. The maximum atomic E-state index is 10.6. The van der Waals surface area contributed by atoms with E-state index in [1.54, 1.807) is 6.07 Å². The third-order valence-electron chi connectivity index (χ3n) is 1.62. The third-order valence-corrected chi connectivity index (χ3v) is 1.62. The normalized spacial score (nSPS) is 12.5. The molecule has 1 rings (SSSR count). The summed E-state index contributed by atoms with van der Waals surface area (Å²) in [5.41, 5.74) is -0.222. The van der Waals surface area contributed by atoms with Gasteiger partial charge in [0.05, 0.1) is 0 Å². The van der Waals surface area contributed by atoms with Gasteiger partial charge in [0.2, 0.25) is 0 Å². The molecule has 1 unspecified atom stereocenters. The molecule has 0 aliphatic carbocycles. The largest absolute Gasteiger partial charge is 0.396 e. The molecule has 0 amide bonds. The molecule has 0 aliphatic rings. The third kappa shape index (κ3) is 3.25. The number of aliphatic hydroxyl groups excluding tert-OH is 1. The maximum Gasteiger partial charge on any atom is 0.264 e. The van der Waals surface area contributed by atoms with Crippen LogP contribution in [0.1, 0.15) is 6.92 Å². The van der Waals surface area contributed by atoms with Gasteiger partial charge in [-0.2, -0.15) is 5.10 Å². The van der Waals surface area contributed by atoms with Crippen LogP contribution in [0, 0.1) is 5.92 Å². The van der Waals surface area contributed by atoms with Crippen molar-refractivity contribution in [1.29, 1.82) is 0 Å². The summed E-state index contributed by atoms with van der Waals surface area (Å²) in [5.74, 6) is 0.786. The highest BCUT2D eigenvalue weighted by Crippen LogP contribution is 1.98. The van der Waals surface area contributed by atoms with Gasteiger partial charge < -0.3 is 10.4 Å². The zero-order valence-electron chi connectivity index (χ0n) is 7.45. The lowest BCUT2D eigenvalue weighted by Crippen LogP contribution is -2.16. The zero-order chi connectivity index (χ0) is 9.68. The summed E-state index contributed by atoms with van der Waals surface area (Å²) in [6.07, 6.45) is 0. The van der Waals surface area contributed by atoms with E-state index in [1.165, 1.54) is 6.07 Å². The number of nitrogens with one attached hydrogen (secondary N) is 2. The SMILES string of the molecule is CC(CO)CNc1ccc(=O)[nH]n1. The molecule has 1 heterocycles. The van der Waals surface area contributed by atoms with E-state index in [2.05, 4.69) is 15.5 Å². The number of hydrogen-bond acceptors (Lipinski definition) is 4. The monoisotopic (exact) mass is 183 g/mol. The molecule has 0 saturated heterocycles.